The van der Waals surface area contributed by atoms with Crippen LogP contribution in [0.25, 0.3) is 0 Å². The summed E-state index contributed by atoms with van der Waals surface area (Å²) in [4.78, 5) is 0. The second kappa shape index (κ2) is 6.01. The molecule has 0 atom stereocenters. The fourth-order valence-corrected chi connectivity index (χ4v) is 1.75. The normalized spacial score (nSPS) is 10.7. The minimum atomic E-state index is 0.623. The third-order valence-electron chi connectivity index (χ3n) is 2.62. The minimum absolute atomic E-state index is 0.623. The van der Waals surface area contributed by atoms with Crippen molar-refractivity contribution in [2.75, 3.05) is 12.3 Å². The van der Waals surface area contributed by atoms with Gasteiger partial charge in [-0.05, 0) is 34.0 Å². The summed E-state index contributed by atoms with van der Waals surface area (Å²) in [7, 11) is 0. The summed E-state index contributed by atoms with van der Waals surface area (Å²) < 4.78 is 6.59. The lowest BCUT2D eigenvalue weighted by Gasteiger charge is -2.15. The maximum Gasteiger partial charge on any atom is 0.135 e. The van der Waals surface area contributed by atoms with Crippen molar-refractivity contribution in [3.63, 3.8) is 0 Å². The van der Waals surface area contributed by atoms with E-state index < -0.39 is 0 Å². The maximum atomic E-state index is 5.77. The topological polar surface area (TPSA) is 35.2 Å². The highest BCUT2D eigenvalue weighted by Gasteiger charge is 2.07. The highest BCUT2D eigenvalue weighted by molar-refractivity contribution is 9.10. The number of benzene rings is 1. The van der Waals surface area contributed by atoms with E-state index in [1.54, 1.807) is 0 Å². The zero-order chi connectivity index (χ0) is 11.3. The van der Waals surface area contributed by atoms with Crippen LogP contribution in [0, 0.1) is 5.92 Å². The molecule has 2 N–H and O–H groups in total. The van der Waals surface area contributed by atoms with Crippen molar-refractivity contribution in [2.45, 2.75) is 26.7 Å². The molecule has 0 amide bonds. The minimum Gasteiger partial charge on any atom is -0.492 e. The largest absolute Gasteiger partial charge is 0.492 e. The van der Waals surface area contributed by atoms with Crippen LogP contribution in [-0.2, 0) is 0 Å². The standard InChI is InChI=1S/C12H18BrNO/c1-3-9(4-2)8-15-11-7-5-6-10(14)12(11)13/h5-7,9H,3-4,8,14H2,1-2H3. The molecule has 0 heterocycles. The van der Waals surface area contributed by atoms with E-state index in [4.69, 9.17) is 10.5 Å². The van der Waals surface area contributed by atoms with E-state index in [-0.39, 0.29) is 0 Å². The number of nitrogens with two attached hydrogens (primary N) is 1. The van der Waals surface area contributed by atoms with Crippen LogP contribution >= 0.6 is 15.9 Å². The zero-order valence-electron chi connectivity index (χ0n) is 9.29. The number of nitrogen functional groups attached to an aromatic ring is 1. The first-order valence-electron chi connectivity index (χ1n) is 5.35. The van der Waals surface area contributed by atoms with Gasteiger partial charge in [-0.2, -0.15) is 0 Å². The third kappa shape index (κ3) is 3.42. The molecule has 0 saturated heterocycles. The average molecular weight is 272 g/mol. The van der Waals surface area contributed by atoms with Crippen LogP contribution in [0.5, 0.6) is 5.75 Å². The van der Waals surface area contributed by atoms with Gasteiger partial charge in [0.15, 0.2) is 0 Å². The van der Waals surface area contributed by atoms with Crippen molar-refractivity contribution >= 4 is 21.6 Å². The number of rotatable bonds is 5. The second-order valence-corrected chi connectivity index (χ2v) is 4.45. The Morgan fingerprint density at radius 2 is 2.00 bits per heavy atom. The van der Waals surface area contributed by atoms with Crippen LogP contribution in [0.1, 0.15) is 26.7 Å². The summed E-state index contributed by atoms with van der Waals surface area (Å²) in [5.41, 5.74) is 6.48. The van der Waals surface area contributed by atoms with Crippen LogP contribution < -0.4 is 10.5 Å². The van der Waals surface area contributed by atoms with E-state index in [0.717, 1.165) is 35.4 Å². The van der Waals surface area contributed by atoms with Gasteiger partial charge in [-0.15, -0.1) is 0 Å². The zero-order valence-corrected chi connectivity index (χ0v) is 10.9. The van der Waals surface area contributed by atoms with Gasteiger partial charge in [-0.3, -0.25) is 0 Å². The van der Waals surface area contributed by atoms with Crippen molar-refractivity contribution in [3.8, 4) is 5.75 Å². The Morgan fingerprint density at radius 1 is 1.33 bits per heavy atom. The number of anilines is 1. The van der Waals surface area contributed by atoms with Gasteiger partial charge >= 0.3 is 0 Å². The quantitative estimate of drug-likeness (QED) is 0.826. The van der Waals surface area contributed by atoms with Crippen LogP contribution in [-0.4, -0.2) is 6.61 Å². The lowest BCUT2D eigenvalue weighted by atomic mass is 10.1. The number of hydrogen-bond donors (Lipinski definition) is 1. The summed E-state index contributed by atoms with van der Waals surface area (Å²) >= 11 is 3.42. The molecule has 0 aromatic heterocycles. The fraction of sp³-hybridized carbons (Fsp3) is 0.500. The molecule has 2 nitrogen and oxygen atoms in total. The van der Waals surface area contributed by atoms with Crippen molar-refractivity contribution in [2.24, 2.45) is 5.92 Å². The molecule has 0 aliphatic heterocycles. The van der Waals surface area contributed by atoms with Gasteiger partial charge in [0.1, 0.15) is 5.75 Å². The second-order valence-electron chi connectivity index (χ2n) is 3.65. The first-order chi connectivity index (χ1) is 7.19. The highest BCUT2D eigenvalue weighted by atomic mass is 79.9. The Morgan fingerprint density at radius 3 is 2.60 bits per heavy atom. The van der Waals surface area contributed by atoms with Crippen LogP contribution in [0.3, 0.4) is 0 Å². The first kappa shape index (κ1) is 12.4. The molecule has 15 heavy (non-hydrogen) atoms. The molecule has 0 fully saturated rings. The molecule has 1 aromatic carbocycles. The third-order valence-corrected chi connectivity index (χ3v) is 3.47. The summed E-state index contributed by atoms with van der Waals surface area (Å²) in [5.74, 6) is 1.46. The summed E-state index contributed by atoms with van der Waals surface area (Å²) in [6.07, 6.45) is 2.30. The van der Waals surface area contributed by atoms with E-state index in [0.29, 0.717) is 5.92 Å². The van der Waals surface area contributed by atoms with E-state index in [9.17, 15) is 0 Å². The Labute approximate surface area is 99.9 Å². The number of hydrogen-bond acceptors (Lipinski definition) is 2. The van der Waals surface area contributed by atoms with Gasteiger partial charge in [0, 0.05) is 5.69 Å². The summed E-state index contributed by atoms with van der Waals surface area (Å²) in [6.45, 7) is 5.13. The van der Waals surface area contributed by atoms with Gasteiger partial charge in [0.25, 0.3) is 0 Å². The Bertz CT molecular complexity index is 310. The summed E-state index contributed by atoms with van der Waals surface area (Å²) in [6, 6.07) is 5.69. The van der Waals surface area contributed by atoms with E-state index in [1.165, 1.54) is 0 Å². The van der Waals surface area contributed by atoms with Gasteiger partial charge in [-0.25, -0.2) is 0 Å². The van der Waals surface area contributed by atoms with E-state index in [1.807, 2.05) is 18.2 Å². The van der Waals surface area contributed by atoms with Crippen molar-refractivity contribution in [1.82, 2.24) is 0 Å². The molecule has 0 radical (unpaired) electrons. The molecule has 1 aromatic rings. The molecule has 0 saturated carbocycles. The smallest absolute Gasteiger partial charge is 0.135 e. The van der Waals surface area contributed by atoms with Crippen molar-refractivity contribution in [1.29, 1.82) is 0 Å². The van der Waals surface area contributed by atoms with Gasteiger partial charge in [0.2, 0.25) is 0 Å². The van der Waals surface area contributed by atoms with Crippen LogP contribution in [0.2, 0.25) is 0 Å². The predicted molar refractivity (Wildman–Crippen MR) is 68.1 cm³/mol. The number of halogens is 1. The Kier molecular flexibility index (Phi) is 4.95. The molecule has 0 bridgehead atoms. The molecular formula is C12H18BrNO. The van der Waals surface area contributed by atoms with E-state index in [2.05, 4.69) is 29.8 Å². The van der Waals surface area contributed by atoms with Crippen molar-refractivity contribution in [3.05, 3.63) is 22.7 Å². The van der Waals surface area contributed by atoms with Crippen LogP contribution in [0.15, 0.2) is 22.7 Å². The average Bonchev–Trinajstić information content (AvgIpc) is 2.25. The predicted octanol–water partition coefficient (Wildman–Crippen LogP) is 3.85. The first-order valence-corrected chi connectivity index (χ1v) is 6.15. The molecule has 0 aliphatic carbocycles. The van der Waals surface area contributed by atoms with E-state index >= 15 is 0 Å². The van der Waals surface area contributed by atoms with Gasteiger partial charge in [0.05, 0.1) is 11.1 Å². The van der Waals surface area contributed by atoms with Crippen LogP contribution in [0.4, 0.5) is 5.69 Å². The monoisotopic (exact) mass is 271 g/mol. The van der Waals surface area contributed by atoms with Crippen molar-refractivity contribution < 1.29 is 4.74 Å². The van der Waals surface area contributed by atoms with Gasteiger partial charge in [-0.1, -0.05) is 32.8 Å². The Balaban J connectivity index is 2.61. The fourth-order valence-electron chi connectivity index (χ4n) is 1.37. The Hall–Kier alpha value is -0.700. The lowest BCUT2D eigenvalue weighted by molar-refractivity contribution is 0.239. The molecule has 0 unspecified atom stereocenters. The SMILES string of the molecule is CCC(CC)COc1cccc(N)c1Br. The molecule has 84 valence electrons. The molecule has 3 heteroatoms. The maximum absolute atomic E-state index is 5.77. The number of ether oxygens (including phenoxy) is 1. The van der Waals surface area contributed by atoms with Gasteiger partial charge < -0.3 is 10.5 Å². The molecular weight excluding hydrogens is 254 g/mol. The highest BCUT2D eigenvalue weighted by Crippen LogP contribution is 2.30. The lowest BCUT2D eigenvalue weighted by Crippen LogP contribution is -2.10. The summed E-state index contributed by atoms with van der Waals surface area (Å²) in [5, 5.41) is 0. The molecule has 0 spiro atoms. The molecule has 0 aliphatic rings. The molecule has 1 rings (SSSR count).